The molecule has 1 aromatic carbocycles. The fourth-order valence-corrected chi connectivity index (χ4v) is 3.56. The summed E-state index contributed by atoms with van der Waals surface area (Å²) in [6, 6.07) is 10.6. The second kappa shape index (κ2) is 5.46. The molecule has 0 unspecified atom stereocenters. The van der Waals surface area contributed by atoms with Gasteiger partial charge in [-0.1, -0.05) is 43.0 Å². The molecule has 0 saturated carbocycles. The van der Waals surface area contributed by atoms with Crippen LogP contribution in [0.25, 0.3) is 0 Å². The molecule has 0 fully saturated rings. The first-order valence-electron chi connectivity index (χ1n) is 4.60. The van der Waals surface area contributed by atoms with E-state index in [1.165, 1.54) is 0 Å². The molecule has 0 amide bonds. The molecule has 0 N–H and O–H groups in total. The highest BCUT2D eigenvalue weighted by Crippen LogP contribution is 2.20. The summed E-state index contributed by atoms with van der Waals surface area (Å²) >= 11 is 12.2. The van der Waals surface area contributed by atoms with E-state index >= 15 is 0 Å². The van der Waals surface area contributed by atoms with E-state index in [9.17, 15) is 0 Å². The lowest BCUT2D eigenvalue weighted by Crippen LogP contribution is -2.15. The van der Waals surface area contributed by atoms with Crippen LogP contribution in [0.4, 0.5) is 0 Å². The summed E-state index contributed by atoms with van der Waals surface area (Å²) in [5, 5.41) is 0. The molecule has 3 heteroatoms. The van der Waals surface area contributed by atoms with Crippen molar-refractivity contribution in [2.75, 3.05) is 0 Å². The van der Waals surface area contributed by atoms with Gasteiger partial charge in [0.1, 0.15) is 0 Å². The summed E-state index contributed by atoms with van der Waals surface area (Å²) in [4.78, 5) is 0. The third-order valence-corrected chi connectivity index (χ3v) is 5.05. The molecule has 1 aromatic rings. The Hall–Kier alpha value is -0.423. The first kappa shape index (κ1) is 11.7. The van der Waals surface area contributed by atoms with Crippen molar-refractivity contribution in [2.45, 2.75) is 19.4 Å². The predicted molar refractivity (Wildman–Crippen MR) is 65.9 cm³/mol. The van der Waals surface area contributed by atoms with E-state index in [0.29, 0.717) is 0 Å². The molecule has 0 saturated heterocycles. The topological polar surface area (TPSA) is 0 Å². The molecule has 74 valence electrons. The van der Waals surface area contributed by atoms with Gasteiger partial charge in [0.2, 0.25) is 0 Å². The van der Waals surface area contributed by atoms with Crippen molar-refractivity contribution in [3.8, 4) is 11.5 Å². The van der Waals surface area contributed by atoms with Crippen LogP contribution in [-0.4, -0.2) is 6.69 Å². The Balaban J connectivity index is 2.73. The van der Waals surface area contributed by atoms with E-state index in [-0.39, 0.29) is 0 Å². The minimum absolute atomic E-state index is 0.829. The zero-order chi connectivity index (χ0) is 10.4. The van der Waals surface area contributed by atoms with Crippen LogP contribution < -0.4 is 0 Å². The lowest BCUT2D eigenvalue weighted by atomic mass is 10.2. The molecule has 0 aliphatic rings. The number of hydrogen-bond acceptors (Lipinski definition) is 0. The zero-order valence-electron chi connectivity index (χ0n) is 8.06. The summed E-state index contributed by atoms with van der Waals surface area (Å²) in [5.74, 6) is 3.02. The summed E-state index contributed by atoms with van der Waals surface area (Å²) in [6.45, 7) is -0.237. The van der Waals surface area contributed by atoms with E-state index < -0.39 is 6.69 Å². The van der Waals surface area contributed by atoms with Gasteiger partial charge in [-0.05, 0) is 18.2 Å². The maximum atomic E-state index is 6.12. The third kappa shape index (κ3) is 4.19. The Morgan fingerprint density at radius 3 is 2.43 bits per heavy atom. The molecule has 0 aliphatic carbocycles. The van der Waals surface area contributed by atoms with Crippen molar-refractivity contribution in [1.82, 2.24) is 0 Å². The molecule has 1 rings (SSSR count). The first-order valence-corrected chi connectivity index (χ1v) is 8.83. The Morgan fingerprint density at radius 1 is 1.21 bits per heavy atom. The largest absolute Gasteiger partial charge is 0.325 e. The fourth-order valence-electron chi connectivity index (χ4n) is 1.06. The molecule has 0 heterocycles. The van der Waals surface area contributed by atoms with Crippen molar-refractivity contribution >= 4 is 28.9 Å². The highest BCUT2D eigenvalue weighted by molar-refractivity contribution is 7.49. The zero-order valence-corrected chi connectivity index (χ0v) is 10.6. The van der Waals surface area contributed by atoms with Crippen LogP contribution in [0.5, 0.6) is 0 Å². The molecular weight excluding hydrogens is 231 g/mol. The normalized spacial score (nSPS) is 10.5. The molecule has 0 aliphatic heterocycles. The van der Waals surface area contributed by atoms with Crippen LogP contribution in [0, 0.1) is 11.5 Å². The monoisotopic (exact) mass is 242 g/mol. The van der Waals surface area contributed by atoms with Gasteiger partial charge < -0.3 is 0 Å². The number of benzene rings is 1. The van der Waals surface area contributed by atoms with Crippen molar-refractivity contribution in [2.24, 2.45) is 0 Å². The van der Waals surface area contributed by atoms with E-state index in [4.69, 9.17) is 22.2 Å². The van der Waals surface area contributed by atoms with Gasteiger partial charge >= 0.3 is 6.69 Å². The van der Waals surface area contributed by atoms with E-state index in [2.05, 4.69) is 18.4 Å². The molecule has 0 atom stereocenters. The fraction of sp³-hybridized carbons (Fsp3) is 0.273. The highest BCUT2D eigenvalue weighted by Gasteiger charge is 2.23. The van der Waals surface area contributed by atoms with Crippen LogP contribution in [0.3, 0.4) is 0 Å². The van der Waals surface area contributed by atoms with Gasteiger partial charge in [-0.25, -0.2) is 0 Å². The molecule has 14 heavy (non-hydrogen) atoms. The third-order valence-electron chi connectivity index (χ3n) is 1.73. The molecular formula is C11H12Cl2Si. The summed E-state index contributed by atoms with van der Waals surface area (Å²) in [7, 11) is 0. The summed E-state index contributed by atoms with van der Waals surface area (Å²) < 4.78 is 0. The van der Waals surface area contributed by atoms with Gasteiger partial charge in [0.25, 0.3) is 0 Å². The van der Waals surface area contributed by atoms with Gasteiger partial charge in [0.15, 0.2) is 0 Å². The Bertz CT molecular complexity index is 335. The van der Waals surface area contributed by atoms with Crippen LogP contribution in [0.1, 0.15) is 18.9 Å². The minimum Gasteiger partial charge on any atom is -0.130 e. The van der Waals surface area contributed by atoms with E-state index in [1.54, 1.807) is 0 Å². The smallest absolute Gasteiger partial charge is 0.130 e. The van der Waals surface area contributed by atoms with Crippen molar-refractivity contribution in [3.05, 3.63) is 35.9 Å². The average Bonchev–Trinajstić information content (AvgIpc) is 2.17. The summed E-state index contributed by atoms with van der Waals surface area (Å²) in [5.41, 5.74) is 3.97. The number of halogens is 2. The van der Waals surface area contributed by atoms with Gasteiger partial charge in [0.05, 0.1) is 0 Å². The minimum atomic E-state index is -2.30. The molecule has 0 aromatic heterocycles. The van der Waals surface area contributed by atoms with Crippen LogP contribution >= 0.6 is 22.2 Å². The van der Waals surface area contributed by atoms with E-state index in [0.717, 1.165) is 18.0 Å². The Labute approximate surface area is 95.7 Å². The van der Waals surface area contributed by atoms with Crippen molar-refractivity contribution in [1.29, 1.82) is 0 Å². The number of rotatable bonds is 2. The molecule has 0 radical (unpaired) electrons. The van der Waals surface area contributed by atoms with Gasteiger partial charge in [-0.15, -0.1) is 22.2 Å². The quantitative estimate of drug-likeness (QED) is 0.419. The standard InChI is InChI=1S/C11H12Cl2Si/c1-2-9-14(12,13)10-8-11-6-4-3-5-7-11/h3-7H,2,9H2,1H3. The van der Waals surface area contributed by atoms with Crippen LogP contribution in [0.2, 0.25) is 6.04 Å². The highest BCUT2D eigenvalue weighted by atomic mass is 35.7. The van der Waals surface area contributed by atoms with Gasteiger partial charge in [-0.3, -0.25) is 0 Å². The first-order chi connectivity index (χ1) is 6.64. The molecule has 0 spiro atoms. The summed E-state index contributed by atoms with van der Waals surface area (Å²) in [6.07, 6.45) is 0.989. The number of hydrogen-bond donors (Lipinski definition) is 0. The van der Waals surface area contributed by atoms with Gasteiger partial charge in [0, 0.05) is 5.56 Å². The lowest BCUT2D eigenvalue weighted by molar-refractivity contribution is 1.07. The molecule has 0 nitrogen and oxygen atoms in total. The average molecular weight is 243 g/mol. The lowest BCUT2D eigenvalue weighted by Gasteiger charge is -2.05. The Kier molecular flexibility index (Phi) is 4.54. The predicted octanol–water partition coefficient (Wildman–Crippen LogP) is 3.91. The second-order valence-electron chi connectivity index (χ2n) is 3.07. The maximum absolute atomic E-state index is 6.12. The second-order valence-corrected chi connectivity index (χ2v) is 9.68. The van der Waals surface area contributed by atoms with Crippen LogP contribution in [-0.2, 0) is 0 Å². The Morgan fingerprint density at radius 2 is 1.86 bits per heavy atom. The van der Waals surface area contributed by atoms with E-state index in [1.807, 2.05) is 30.3 Å². The van der Waals surface area contributed by atoms with Crippen molar-refractivity contribution in [3.63, 3.8) is 0 Å². The van der Waals surface area contributed by atoms with Gasteiger partial charge in [-0.2, -0.15) is 0 Å². The SMILES string of the molecule is CCC[Si](Cl)(Cl)C#Cc1ccccc1. The maximum Gasteiger partial charge on any atom is 0.325 e. The van der Waals surface area contributed by atoms with Crippen LogP contribution in [0.15, 0.2) is 30.3 Å². The molecule has 0 bridgehead atoms. The van der Waals surface area contributed by atoms with Crippen molar-refractivity contribution < 1.29 is 0 Å².